The maximum Gasteiger partial charge on any atom is 0.218 e. The molecule has 0 spiro atoms. The molecule has 1 aliphatic carbocycles. The first kappa shape index (κ1) is 10.4. The average Bonchev–Trinajstić information content (AvgIpc) is 3.02. The second-order valence-corrected chi connectivity index (χ2v) is 5.10. The second-order valence-electron chi connectivity index (χ2n) is 5.10. The average molecular weight is 244 g/mol. The Morgan fingerprint density at radius 1 is 1.22 bits per heavy atom. The highest BCUT2D eigenvalue weighted by molar-refractivity contribution is 6.05. The molecule has 2 saturated heterocycles. The Bertz CT molecular complexity index is 524. The van der Waals surface area contributed by atoms with Crippen LogP contribution in [-0.2, 0) is 14.3 Å². The summed E-state index contributed by atoms with van der Waals surface area (Å²) in [7, 11) is 0. The predicted molar refractivity (Wildman–Crippen MR) is 60.9 cm³/mol. The third kappa shape index (κ3) is 1.27. The Kier molecular flexibility index (Phi) is 2.02. The van der Waals surface area contributed by atoms with E-state index >= 15 is 0 Å². The van der Waals surface area contributed by atoms with Crippen molar-refractivity contribution in [1.29, 1.82) is 0 Å². The quantitative estimate of drug-likeness (QED) is 0.730. The first-order chi connectivity index (χ1) is 8.77. The van der Waals surface area contributed by atoms with Gasteiger partial charge in [-0.1, -0.05) is 30.3 Å². The first-order valence-electron chi connectivity index (χ1n) is 6.17. The van der Waals surface area contributed by atoms with Gasteiger partial charge in [-0.25, -0.2) is 0 Å². The van der Waals surface area contributed by atoms with Crippen LogP contribution < -0.4 is 0 Å². The smallest absolute Gasteiger partial charge is 0.218 e. The fraction of sp³-hybridized carbons (Fsp3) is 0.429. The molecule has 2 heterocycles. The standard InChI is InChI=1S/C14H12O4/c15-12(7-4-2-1-3-5-7)10-9-8-6-17-14(18-8)13(16)11(9)10/h1-5,8-11,14H,6H2/t8-,9-,10+,11-,14+/m1/s1. The van der Waals surface area contributed by atoms with E-state index in [9.17, 15) is 9.59 Å². The first-order valence-corrected chi connectivity index (χ1v) is 6.17. The van der Waals surface area contributed by atoms with Crippen LogP contribution in [0.3, 0.4) is 0 Å². The summed E-state index contributed by atoms with van der Waals surface area (Å²) in [5, 5.41) is 0. The van der Waals surface area contributed by atoms with Gasteiger partial charge in [0, 0.05) is 23.3 Å². The van der Waals surface area contributed by atoms with E-state index < -0.39 is 6.29 Å². The number of carbonyl (C=O) groups is 2. The normalized spacial score (nSPS) is 40.4. The van der Waals surface area contributed by atoms with Crippen molar-refractivity contribution in [2.45, 2.75) is 12.4 Å². The molecule has 0 unspecified atom stereocenters. The minimum absolute atomic E-state index is 0.0314. The minimum Gasteiger partial charge on any atom is -0.343 e. The maximum atomic E-state index is 12.3. The van der Waals surface area contributed by atoms with Gasteiger partial charge < -0.3 is 9.47 Å². The van der Waals surface area contributed by atoms with E-state index in [0.717, 1.165) is 0 Å². The van der Waals surface area contributed by atoms with E-state index in [0.29, 0.717) is 12.2 Å². The van der Waals surface area contributed by atoms with Gasteiger partial charge in [0.1, 0.15) is 0 Å². The van der Waals surface area contributed by atoms with E-state index in [1.54, 1.807) is 12.1 Å². The summed E-state index contributed by atoms with van der Waals surface area (Å²) in [5.41, 5.74) is 0.682. The van der Waals surface area contributed by atoms with E-state index in [4.69, 9.17) is 9.47 Å². The lowest BCUT2D eigenvalue weighted by Gasteiger charge is -2.14. The number of rotatable bonds is 2. The van der Waals surface area contributed by atoms with Gasteiger partial charge in [0.05, 0.1) is 12.7 Å². The molecule has 3 aliphatic rings. The molecule has 0 amide bonds. The van der Waals surface area contributed by atoms with Gasteiger partial charge in [0.2, 0.25) is 6.29 Å². The zero-order chi connectivity index (χ0) is 12.3. The number of ether oxygens (including phenoxy) is 2. The molecule has 4 nitrogen and oxygen atoms in total. The van der Waals surface area contributed by atoms with Gasteiger partial charge in [-0.2, -0.15) is 0 Å². The molecule has 0 aromatic heterocycles. The van der Waals surface area contributed by atoms with Gasteiger partial charge in [-0.3, -0.25) is 9.59 Å². The zero-order valence-electron chi connectivity index (χ0n) is 9.61. The monoisotopic (exact) mass is 244 g/mol. The Hall–Kier alpha value is -1.52. The molecule has 2 bridgehead atoms. The van der Waals surface area contributed by atoms with E-state index in [2.05, 4.69) is 0 Å². The zero-order valence-corrected chi connectivity index (χ0v) is 9.61. The molecule has 0 radical (unpaired) electrons. The van der Waals surface area contributed by atoms with Crippen molar-refractivity contribution < 1.29 is 19.1 Å². The molecule has 4 rings (SSSR count). The number of fused-ring (bicyclic) bond motifs is 4. The van der Waals surface area contributed by atoms with Gasteiger partial charge in [0.25, 0.3) is 0 Å². The van der Waals surface area contributed by atoms with Gasteiger partial charge in [-0.15, -0.1) is 0 Å². The molecule has 3 fully saturated rings. The number of Topliss-reactive ketones (excluding diaryl/α,β-unsaturated/α-hetero) is 2. The molecule has 1 aromatic carbocycles. The Morgan fingerprint density at radius 2 is 2.00 bits per heavy atom. The third-order valence-electron chi connectivity index (χ3n) is 4.14. The lowest BCUT2D eigenvalue weighted by molar-refractivity contribution is -0.153. The summed E-state index contributed by atoms with van der Waals surface area (Å²) < 4.78 is 10.7. The fourth-order valence-corrected chi connectivity index (χ4v) is 3.22. The fourth-order valence-electron chi connectivity index (χ4n) is 3.22. The Labute approximate surface area is 104 Å². The molecule has 0 N–H and O–H groups in total. The SMILES string of the molecule is O=C(c1ccccc1)[C@@H]1[C@@H]2C(=O)[C@H]3OC[C@@H](O3)[C@H]12. The van der Waals surface area contributed by atoms with Crippen molar-refractivity contribution in [3.63, 3.8) is 0 Å². The summed E-state index contributed by atoms with van der Waals surface area (Å²) in [6.07, 6.45) is -0.791. The van der Waals surface area contributed by atoms with Crippen molar-refractivity contribution in [2.75, 3.05) is 6.61 Å². The van der Waals surface area contributed by atoms with Crippen molar-refractivity contribution in [1.82, 2.24) is 0 Å². The lowest BCUT2D eigenvalue weighted by atomic mass is 10.0. The van der Waals surface area contributed by atoms with Crippen LogP contribution in [0.1, 0.15) is 10.4 Å². The maximum absolute atomic E-state index is 12.3. The van der Waals surface area contributed by atoms with Crippen molar-refractivity contribution in [3.8, 4) is 0 Å². The molecule has 4 heteroatoms. The molecule has 92 valence electrons. The molecule has 2 aliphatic heterocycles. The van der Waals surface area contributed by atoms with Crippen molar-refractivity contribution >= 4 is 11.6 Å². The van der Waals surface area contributed by atoms with E-state index in [1.807, 2.05) is 18.2 Å². The number of ketones is 2. The van der Waals surface area contributed by atoms with Crippen LogP contribution in [-0.4, -0.2) is 30.6 Å². The molecule has 1 saturated carbocycles. The summed E-state index contributed by atoms with van der Waals surface area (Å²) in [6.45, 7) is 0.441. The van der Waals surface area contributed by atoms with Gasteiger partial charge in [0.15, 0.2) is 11.6 Å². The molecule has 1 aromatic rings. The number of hydrogen-bond donors (Lipinski definition) is 0. The van der Waals surface area contributed by atoms with Crippen molar-refractivity contribution in [2.24, 2.45) is 17.8 Å². The van der Waals surface area contributed by atoms with Gasteiger partial charge >= 0.3 is 0 Å². The molecule has 5 atom stereocenters. The highest BCUT2D eigenvalue weighted by Crippen LogP contribution is 2.57. The highest BCUT2D eigenvalue weighted by Gasteiger charge is 2.68. The summed E-state index contributed by atoms with van der Waals surface area (Å²) in [6, 6.07) is 9.15. The lowest BCUT2D eigenvalue weighted by Crippen LogP contribution is -2.30. The predicted octanol–water partition coefficient (Wildman–Crippen LogP) is 1.06. The van der Waals surface area contributed by atoms with E-state index in [-0.39, 0.29) is 35.4 Å². The summed E-state index contributed by atoms with van der Waals surface area (Å²) in [5.74, 6) is -0.329. The van der Waals surface area contributed by atoms with Crippen LogP contribution >= 0.6 is 0 Å². The van der Waals surface area contributed by atoms with E-state index in [1.165, 1.54) is 0 Å². The van der Waals surface area contributed by atoms with Crippen LogP contribution in [0.5, 0.6) is 0 Å². The van der Waals surface area contributed by atoms with Crippen LogP contribution in [0.4, 0.5) is 0 Å². The number of carbonyl (C=O) groups excluding carboxylic acids is 2. The number of hydrogen-bond acceptors (Lipinski definition) is 4. The van der Waals surface area contributed by atoms with Crippen LogP contribution in [0.2, 0.25) is 0 Å². The molecular formula is C14H12O4. The van der Waals surface area contributed by atoms with Crippen molar-refractivity contribution in [3.05, 3.63) is 35.9 Å². The Morgan fingerprint density at radius 3 is 2.78 bits per heavy atom. The Balaban J connectivity index is 1.62. The number of benzene rings is 1. The molecular weight excluding hydrogens is 232 g/mol. The summed E-state index contributed by atoms with van der Waals surface area (Å²) >= 11 is 0. The second kappa shape index (κ2) is 3.49. The van der Waals surface area contributed by atoms with Crippen LogP contribution in [0.25, 0.3) is 0 Å². The topological polar surface area (TPSA) is 52.6 Å². The van der Waals surface area contributed by atoms with Gasteiger partial charge in [-0.05, 0) is 0 Å². The highest BCUT2D eigenvalue weighted by atomic mass is 16.7. The third-order valence-corrected chi connectivity index (χ3v) is 4.14. The van der Waals surface area contributed by atoms with Crippen LogP contribution in [0, 0.1) is 17.8 Å². The largest absolute Gasteiger partial charge is 0.343 e. The van der Waals surface area contributed by atoms with Crippen LogP contribution in [0.15, 0.2) is 30.3 Å². The summed E-state index contributed by atoms with van der Waals surface area (Å²) in [4.78, 5) is 24.3. The molecule has 18 heavy (non-hydrogen) atoms. The minimum atomic E-state index is -0.718.